The molecule has 3 aromatic rings. The molecule has 1 heterocycles. The zero-order valence-electron chi connectivity index (χ0n) is 17.3. The number of fused-ring (bicyclic) bond motifs is 2. The van der Waals surface area contributed by atoms with Gasteiger partial charge in [-0.2, -0.15) is 0 Å². The molecule has 0 radical (unpaired) electrons. The lowest BCUT2D eigenvalue weighted by Crippen LogP contribution is -3.00. The Morgan fingerprint density at radius 3 is 2.36 bits per heavy atom. The number of rotatable bonds is 5. The summed E-state index contributed by atoms with van der Waals surface area (Å²) >= 11 is 1.65. The van der Waals surface area contributed by atoms with Crippen LogP contribution in [0.3, 0.4) is 0 Å². The molecule has 0 fully saturated rings. The number of hydrogen-bond acceptors (Lipinski definition) is 4. The van der Waals surface area contributed by atoms with Crippen LogP contribution in [-0.2, 0) is 0 Å². The normalized spacial score (nSPS) is 12.8. The summed E-state index contributed by atoms with van der Waals surface area (Å²) in [4.78, 5) is 13.1. The van der Waals surface area contributed by atoms with E-state index < -0.39 is 6.10 Å². The third-order valence-electron chi connectivity index (χ3n) is 4.94. The van der Waals surface area contributed by atoms with Crippen LogP contribution in [0.1, 0.15) is 16.7 Å². The molecular formula is C22H28ClNO3S. The van der Waals surface area contributed by atoms with Crippen LogP contribution in [0, 0.1) is 20.8 Å². The molecule has 0 saturated heterocycles. The van der Waals surface area contributed by atoms with Crippen molar-refractivity contribution in [3.05, 3.63) is 51.2 Å². The fourth-order valence-electron chi connectivity index (χ4n) is 3.56. The Balaban J connectivity index is 0.00000280. The minimum Gasteiger partial charge on any atom is -1.00 e. The largest absolute Gasteiger partial charge is 1.00 e. The van der Waals surface area contributed by atoms with Gasteiger partial charge in [0.25, 0.3) is 0 Å². The number of aliphatic hydroxyl groups excluding tert-OH is 1. The quantitative estimate of drug-likeness (QED) is 0.489. The van der Waals surface area contributed by atoms with Crippen LogP contribution in [-0.4, -0.2) is 50.0 Å². The Morgan fingerprint density at radius 1 is 1.07 bits per heavy atom. The third-order valence-corrected chi connectivity index (χ3v) is 6.23. The summed E-state index contributed by atoms with van der Waals surface area (Å²) in [5.74, 6) is 0.722. The highest BCUT2D eigenvalue weighted by atomic mass is 35.5. The number of nitrogens with zero attached hydrogens (tertiary/aromatic N) is 1. The van der Waals surface area contributed by atoms with Gasteiger partial charge in [-0.1, -0.05) is 12.1 Å². The van der Waals surface area contributed by atoms with Gasteiger partial charge in [-0.05, 0) is 44.0 Å². The summed E-state index contributed by atoms with van der Waals surface area (Å²) in [7, 11) is 6.11. The van der Waals surface area contributed by atoms with Crippen LogP contribution >= 0.6 is 11.3 Å². The van der Waals surface area contributed by atoms with Crippen LogP contribution in [0.2, 0.25) is 0 Å². The van der Waals surface area contributed by atoms with E-state index in [1.165, 1.54) is 0 Å². The van der Waals surface area contributed by atoms with E-state index in [1.54, 1.807) is 11.3 Å². The predicted octanol–water partition coefficient (Wildman–Crippen LogP) is 0.790. The van der Waals surface area contributed by atoms with E-state index in [-0.39, 0.29) is 24.4 Å². The molecule has 3 rings (SSSR count). The molecular weight excluding hydrogens is 394 g/mol. The molecule has 1 N–H and O–H groups in total. The average molecular weight is 422 g/mol. The number of benzene rings is 2. The summed E-state index contributed by atoms with van der Waals surface area (Å²) in [6, 6.07) is 7.74. The van der Waals surface area contributed by atoms with E-state index in [0.717, 1.165) is 42.6 Å². The first-order chi connectivity index (χ1) is 12.6. The molecule has 0 amide bonds. The molecule has 1 unspecified atom stereocenters. The van der Waals surface area contributed by atoms with Crippen LogP contribution in [0.5, 0.6) is 5.75 Å². The average Bonchev–Trinajstić information content (AvgIpc) is 2.58. The van der Waals surface area contributed by atoms with Crippen molar-refractivity contribution in [3.63, 3.8) is 0 Å². The maximum atomic E-state index is 13.1. The minimum absolute atomic E-state index is 0. The van der Waals surface area contributed by atoms with Crippen molar-refractivity contribution in [2.24, 2.45) is 0 Å². The smallest absolute Gasteiger partial charge is 0.196 e. The van der Waals surface area contributed by atoms with E-state index >= 15 is 0 Å². The second kappa shape index (κ2) is 8.37. The molecule has 2 aromatic carbocycles. The van der Waals surface area contributed by atoms with Gasteiger partial charge in [0.05, 0.1) is 21.1 Å². The van der Waals surface area contributed by atoms with Crippen LogP contribution in [0.4, 0.5) is 0 Å². The molecule has 0 bridgehead atoms. The molecule has 28 heavy (non-hydrogen) atoms. The summed E-state index contributed by atoms with van der Waals surface area (Å²) in [5, 5.41) is 11.8. The van der Waals surface area contributed by atoms with Gasteiger partial charge in [0, 0.05) is 25.7 Å². The lowest BCUT2D eigenvalue weighted by Gasteiger charge is -2.27. The van der Waals surface area contributed by atoms with E-state index in [2.05, 4.69) is 0 Å². The predicted molar refractivity (Wildman–Crippen MR) is 114 cm³/mol. The Bertz CT molecular complexity index is 1070. The van der Waals surface area contributed by atoms with Gasteiger partial charge in [-0.25, -0.2) is 0 Å². The zero-order chi connectivity index (χ0) is 19.9. The van der Waals surface area contributed by atoms with E-state index in [4.69, 9.17) is 4.74 Å². The van der Waals surface area contributed by atoms with Crippen LogP contribution in [0.15, 0.2) is 29.1 Å². The number of ether oxygens (including phenoxy) is 1. The highest BCUT2D eigenvalue weighted by Crippen LogP contribution is 2.37. The Morgan fingerprint density at radius 2 is 1.71 bits per heavy atom. The van der Waals surface area contributed by atoms with Gasteiger partial charge in [0.15, 0.2) is 5.43 Å². The number of aryl methyl sites for hydroxylation is 2. The monoisotopic (exact) mass is 421 g/mol. The van der Waals surface area contributed by atoms with E-state index in [1.807, 2.05) is 66.2 Å². The summed E-state index contributed by atoms with van der Waals surface area (Å²) in [6.45, 7) is 6.82. The molecule has 152 valence electrons. The molecule has 0 aliphatic rings. The molecule has 0 aliphatic carbocycles. The van der Waals surface area contributed by atoms with Crippen molar-refractivity contribution < 1.29 is 26.7 Å². The summed E-state index contributed by atoms with van der Waals surface area (Å²) < 4.78 is 8.73. The molecule has 1 aromatic heterocycles. The van der Waals surface area contributed by atoms with Gasteiger partial charge in [0.1, 0.15) is 25.0 Å². The highest BCUT2D eigenvalue weighted by Gasteiger charge is 2.20. The Labute approximate surface area is 176 Å². The molecule has 4 nitrogen and oxygen atoms in total. The third kappa shape index (κ3) is 4.33. The lowest BCUT2D eigenvalue weighted by atomic mass is 10.00. The van der Waals surface area contributed by atoms with Crippen molar-refractivity contribution in [3.8, 4) is 5.75 Å². The van der Waals surface area contributed by atoms with Gasteiger partial charge in [0.2, 0.25) is 0 Å². The van der Waals surface area contributed by atoms with Gasteiger partial charge in [-0.3, -0.25) is 4.79 Å². The fourth-order valence-corrected chi connectivity index (χ4v) is 4.85. The first-order valence-electron chi connectivity index (χ1n) is 9.17. The molecule has 0 spiro atoms. The van der Waals surface area contributed by atoms with E-state index in [0.29, 0.717) is 11.0 Å². The SMILES string of the molecule is Cc1c(OCC(O)C[N+](C)(C)C)c(C)c2c(=O)c3ccccc3sc2c1C.[Cl-]. The first-order valence-corrected chi connectivity index (χ1v) is 9.98. The van der Waals surface area contributed by atoms with Crippen molar-refractivity contribution in [2.75, 3.05) is 34.3 Å². The van der Waals surface area contributed by atoms with Crippen LogP contribution in [0.25, 0.3) is 20.2 Å². The van der Waals surface area contributed by atoms with Crippen molar-refractivity contribution >= 4 is 31.5 Å². The number of hydrogen-bond donors (Lipinski definition) is 1. The van der Waals surface area contributed by atoms with E-state index in [9.17, 15) is 9.90 Å². The van der Waals surface area contributed by atoms with Crippen LogP contribution < -0.4 is 22.6 Å². The second-order valence-corrected chi connectivity index (χ2v) is 9.33. The number of aliphatic hydroxyl groups is 1. The first kappa shape index (κ1) is 22.6. The number of likely N-dealkylation sites (N-methyl/N-ethyl adjacent to an activating group) is 1. The zero-order valence-corrected chi connectivity index (χ0v) is 18.9. The molecule has 6 heteroatoms. The molecule has 0 aliphatic heterocycles. The van der Waals surface area contributed by atoms with Crippen molar-refractivity contribution in [2.45, 2.75) is 26.9 Å². The standard InChI is InChI=1S/C22H28NO3S.ClH/c1-13-14(2)22-19(20(25)17-9-7-8-10-18(17)27-22)15(3)21(13)26-12-16(24)11-23(4,5)6;/h7-10,16,24H,11-12H2,1-6H3;1H/q+1;/p-1. The lowest BCUT2D eigenvalue weighted by molar-refractivity contribution is -0.873. The number of quaternary nitrogens is 1. The Kier molecular flexibility index (Phi) is 6.77. The van der Waals surface area contributed by atoms with Gasteiger partial charge >= 0.3 is 0 Å². The topological polar surface area (TPSA) is 46.5 Å². The van der Waals surface area contributed by atoms with Gasteiger partial charge < -0.3 is 26.7 Å². The minimum atomic E-state index is -0.564. The number of halogens is 1. The highest BCUT2D eigenvalue weighted by molar-refractivity contribution is 7.24. The maximum Gasteiger partial charge on any atom is 0.196 e. The second-order valence-electron chi connectivity index (χ2n) is 8.27. The van der Waals surface area contributed by atoms with Crippen molar-refractivity contribution in [1.29, 1.82) is 0 Å². The molecule has 1 atom stereocenters. The molecule has 0 saturated carbocycles. The van der Waals surface area contributed by atoms with Gasteiger partial charge in [-0.15, -0.1) is 11.3 Å². The summed E-state index contributed by atoms with van der Waals surface area (Å²) in [5.41, 5.74) is 3.01. The Hall–Kier alpha value is -1.66. The van der Waals surface area contributed by atoms with Crippen molar-refractivity contribution in [1.82, 2.24) is 0 Å². The maximum absolute atomic E-state index is 13.1. The fraction of sp³-hybridized carbons (Fsp3) is 0.409. The summed E-state index contributed by atoms with van der Waals surface area (Å²) in [6.07, 6.45) is -0.564.